The van der Waals surface area contributed by atoms with Crippen LogP contribution in [0.4, 0.5) is 5.69 Å². The summed E-state index contributed by atoms with van der Waals surface area (Å²) in [5.74, 6) is -0.0757. The van der Waals surface area contributed by atoms with E-state index in [1.54, 1.807) is 12.4 Å². The molecule has 1 heterocycles. The Labute approximate surface area is 123 Å². The molecule has 0 aliphatic heterocycles. The summed E-state index contributed by atoms with van der Waals surface area (Å²) in [6.07, 6.45) is 3.43. The molecule has 5 heteroatoms. The number of carbonyl (C=O) groups excluding carboxylic acids is 1. The highest BCUT2D eigenvalue weighted by atomic mass is 35.5. The quantitative estimate of drug-likeness (QED) is 0.890. The van der Waals surface area contributed by atoms with Gasteiger partial charge in [-0.1, -0.05) is 23.7 Å². The van der Waals surface area contributed by atoms with Crippen LogP contribution in [0.5, 0.6) is 0 Å². The number of hydrogen-bond acceptors (Lipinski definition) is 3. The minimum absolute atomic E-state index is 0.0757. The second kappa shape index (κ2) is 6.91. The van der Waals surface area contributed by atoms with Gasteiger partial charge < -0.3 is 10.6 Å². The van der Waals surface area contributed by atoms with Gasteiger partial charge in [-0.05, 0) is 36.2 Å². The molecule has 0 unspecified atom stereocenters. The summed E-state index contributed by atoms with van der Waals surface area (Å²) in [5, 5.41) is 6.59. The van der Waals surface area contributed by atoms with E-state index >= 15 is 0 Å². The van der Waals surface area contributed by atoms with Crippen molar-refractivity contribution < 1.29 is 4.79 Å². The molecule has 1 aromatic carbocycles. The first-order valence-corrected chi connectivity index (χ1v) is 6.69. The number of rotatable bonds is 5. The number of hydrogen-bond donors (Lipinski definition) is 2. The van der Waals surface area contributed by atoms with Crippen molar-refractivity contribution in [3.63, 3.8) is 0 Å². The van der Waals surface area contributed by atoms with Crippen LogP contribution < -0.4 is 10.6 Å². The van der Waals surface area contributed by atoms with Gasteiger partial charge in [0.25, 0.3) is 0 Å². The molecule has 1 aromatic heterocycles. The Bertz CT molecular complexity index is 587. The van der Waals surface area contributed by atoms with E-state index in [2.05, 4.69) is 15.6 Å². The Morgan fingerprint density at radius 1 is 1.30 bits per heavy atom. The molecule has 4 nitrogen and oxygen atoms in total. The smallest absolute Gasteiger partial charge is 0.239 e. The molecule has 104 valence electrons. The fourth-order valence-electron chi connectivity index (χ4n) is 1.74. The minimum atomic E-state index is -0.0757. The number of nitrogens with zero attached hydrogens (tertiary/aromatic N) is 1. The molecule has 1 amide bonds. The molecular weight excluding hydrogens is 274 g/mol. The summed E-state index contributed by atoms with van der Waals surface area (Å²) in [4.78, 5) is 15.8. The van der Waals surface area contributed by atoms with Gasteiger partial charge in [-0.15, -0.1) is 0 Å². The summed E-state index contributed by atoms with van der Waals surface area (Å²) in [7, 11) is 0. The van der Waals surface area contributed by atoms with E-state index in [1.165, 1.54) is 0 Å². The Morgan fingerprint density at radius 2 is 2.15 bits per heavy atom. The van der Waals surface area contributed by atoms with Crippen LogP contribution in [-0.2, 0) is 11.3 Å². The second-order valence-electron chi connectivity index (χ2n) is 4.40. The van der Waals surface area contributed by atoms with Gasteiger partial charge in [0.2, 0.25) is 5.91 Å². The van der Waals surface area contributed by atoms with Crippen molar-refractivity contribution in [2.24, 2.45) is 0 Å². The van der Waals surface area contributed by atoms with Crippen molar-refractivity contribution in [2.45, 2.75) is 13.5 Å². The maximum Gasteiger partial charge on any atom is 0.239 e. The van der Waals surface area contributed by atoms with Gasteiger partial charge in [-0.25, -0.2) is 0 Å². The van der Waals surface area contributed by atoms with E-state index in [9.17, 15) is 4.79 Å². The number of benzene rings is 1. The monoisotopic (exact) mass is 289 g/mol. The van der Waals surface area contributed by atoms with Gasteiger partial charge in [0, 0.05) is 29.6 Å². The van der Waals surface area contributed by atoms with Crippen LogP contribution in [0, 0.1) is 6.92 Å². The maximum absolute atomic E-state index is 11.8. The van der Waals surface area contributed by atoms with E-state index in [4.69, 9.17) is 11.6 Å². The predicted octanol–water partition coefficient (Wildman–Crippen LogP) is 2.77. The number of anilines is 1. The lowest BCUT2D eigenvalue weighted by molar-refractivity contribution is -0.119. The molecule has 0 aliphatic rings. The standard InChI is InChI=1S/C15H16ClN3O/c1-11-13(16)5-2-6-14(11)18-10-15(20)19-9-12-4-3-7-17-8-12/h2-8,18H,9-10H2,1H3,(H,19,20). The molecule has 2 N–H and O–H groups in total. The van der Waals surface area contributed by atoms with E-state index in [1.807, 2.05) is 37.3 Å². The van der Waals surface area contributed by atoms with Crippen molar-refractivity contribution in [1.82, 2.24) is 10.3 Å². The molecule has 0 radical (unpaired) electrons. The van der Waals surface area contributed by atoms with E-state index in [-0.39, 0.29) is 12.5 Å². The normalized spacial score (nSPS) is 10.1. The van der Waals surface area contributed by atoms with E-state index < -0.39 is 0 Å². The van der Waals surface area contributed by atoms with E-state index in [0.717, 1.165) is 16.8 Å². The summed E-state index contributed by atoms with van der Waals surface area (Å²) in [6, 6.07) is 9.34. The first-order chi connectivity index (χ1) is 9.66. The summed E-state index contributed by atoms with van der Waals surface area (Å²) < 4.78 is 0. The topological polar surface area (TPSA) is 54.0 Å². The second-order valence-corrected chi connectivity index (χ2v) is 4.81. The van der Waals surface area contributed by atoms with Crippen molar-refractivity contribution in [1.29, 1.82) is 0 Å². The third kappa shape index (κ3) is 3.96. The first kappa shape index (κ1) is 14.3. The number of pyridine rings is 1. The molecule has 0 saturated carbocycles. The number of halogens is 1. The highest BCUT2D eigenvalue weighted by molar-refractivity contribution is 6.31. The molecule has 0 fully saturated rings. The van der Waals surface area contributed by atoms with Crippen molar-refractivity contribution in [3.05, 3.63) is 58.9 Å². The molecule has 0 saturated heterocycles. The van der Waals surface area contributed by atoms with Crippen LogP contribution in [0.15, 0.2) is 42.7 Å². The Morgan fingerprint density at radius 3 is 2.90 bits per heavy atom. The molecule has 0 bridgehead atoms. The SMILES string of the molecule is Cc1c(Cl)cccc1NCC(=O)NCc1cccnc1. The Kier molecular flexibility index (Phi) is 4.96. The average molecular weight is 290 g/mol. The number of nitrogens with one attached hydrogen (secondary N) is 2. The largest absolute Gasteiger partial charge is 0.376 e. The highest BCUT2D eigenvalue weighted by Crippen LogP contribution is 2.22. The van der Waals surface area contributed by atoms with Crippen molar-refractivity contribution in [3.8, 4) is 0 Å². The number of carbonyl (C=O) groups is 1. The zero-order chi connectivity index (χ0) is 14.4. The fourth-order valence-corrected chi connectivity index (χ4v) is 1.91. The van der Waals surface area contributed by atoms with Crippen LogP contribution in [0.3, 0.4) is 0 Å². The lowest BCUT2D eigenvalue weighted by atomic mass is 10.2. The zero-order valence-electron chi connectivity index (χ0n) is 11.2. The molecule has 2 aromatic rings. The van der Waals surface area contributed by atoms with Gasteiger partial charge in [-0.2, -0.15) is 0 Å². The lowest BCUT2D eigenvalue weighted by Crippen LogP contribution is -2.29. The lowest BCUT2D eigenvalue weighted by Gasteiger charge is -2.10. The highest BCUT2D eigenvalue weighted by Gasteiger charge is 2.04. The van der Waals surface area contributed by atoms with Gasteiger partial charge in [0.1, 0.15) is 0 Å². The van der Waals surface area contributed by atoms with Crippen molar-refractivity contribution >= 4 is 23.2 Å². The van der Waals surface area contributed by atoms with E-state index in [0.29, 0.717) is 11.6 Å². The predicted molar refractivity (Wildman–Crippen MR) is 80.8 cm³/mol. The summed E-state index contributed by atoms with van der Waals surface area (Å²) in [6.45, 7) is 2.60. The third-order valence-electron chi connectivity index (χ3n) is 2.92. The molecule has 0 spiro atoms. The van der Waals surface area contributed by atoms with Crippen LogP contribution in [0.1, 0.15) is 11.1 Å². The van der Waals surface area contributed by atoms with Gasteiger partial charge in [0.05, 0.1) is 6.54 Å². The zero-order valence-corrected chi connectivity index (χ0v) is 11.9. The van der Waals surface area contributed by atoms with Gasteiger partial charge in [0.15, 0.2) is 0 Å². The van der Waals surface area contributed by atoms with Gasteiger partial charge >= 0.3 is 0 Å². The summed E-state index contributed by atoms with van der Waals surface area (Å²) >= 11 is 6.02. The molecule has 0 atom stereocenters. The van der Waals surface area contributed by atoms with Crippen LogP contribution in [0.2, 0.25) is 5.02 Å². The Hall–Kier alpha value is -2.07. The third-order valence-corrected chi connectivity index (χ3v) is 3.33. The number of aromatic nitrogens is 1. The molecule has 2 rings (SSSR count). The molecule has 20 heavy (non-hydrogen) atoms. The van der Waals surface area contributed by atoms with Crippen LogP contribution >= 0.6 is 11.6 Å². The Balaban J connectivity index is 1.82. The summed E-state index contributed by atoms with van der Waals surface area (Å²) in [5.41, 5.74) is 2.78. The molecule has 0 aliphatic carbocycles. The minimum Gasteiger partial charge on any atom is -0.376 e. The number of amides is 1. The first-order valence-electron chi connectivity index (χ1n) is 6.31. The van der Waals surface area contributed by atoms with Gasteiger partial charge in [-0.3, -0.25) is 9.78 Å². The molecular formula is C15H16ClN3O. The van der Waals surface area contributed by atoms with Crippen LogP contribution in [-0.4, -0.2) is 17.4 Å². The maximum atomic E-state index is 11.8. The van der Waals surface area contributed by atoms with Crippen molar-refractivity contribution in [2.75, 3.05) is 11.9 Å². The average Bonchev–Trinajstić information content (AvgIpc) is 2.48. The van der Waals surface area contributed by atoms with Crippen LogP contribution in [0.25, 0.3) is 0 Å². The fraction of sp³-hybridized carbons (Fsp3) is 0.200.